The van der Waals surface area contributed by atoms with Gasteiger partial charge >= 0.3 is 0 Å². The molecule has 0 unspecified atom stereocenters. The van der Waals surface area contributed by atoms with Gasteiger partial charge in [-0.05, 0) is 42.5 Å². The molecule has 0 aliphatic heterocycles. The van der Waals surface area contributed by atoms with Crippen molar-refractivity contribution in [1.82, 2.24) is 4.98 Å². The number of hydrogen-bond acceptors (Lipinski definition) is 3. The van der Waals surface area contributed by atoms with Crippen LogP contribution in [-0.2, 0) is 0 Å². The minimum Gasteiger partial charge on any atom is -0.322 e. The topological polar surface area (TPSA) is 71.1 Å². The predicted molar refractivity (Wildman–Crippen MR) is 92.9 cm³/mol. The Balaban J connectivity index is 1.76. The average Bonchev–Trinajstić information content (AvgIpc) is 2.63. The van der Waals surface area contributed by atoms with Crippen LogP contribution in [-0.4, -0.2) is 16.8 Å². The van der Waals surface area contributed by atoms with Crippen LogP contribution in [0.3, 0.4) is 0 Å². The number of rotatable bonds is 4. The molecule has 2 aromatic carbocycles. The van der Waals surface area contributed by atoms with Crippen molar-refractivity contribution in [2.75, 3.05) is 10.6 Å². The largest absolute Gasteiger partial charge is 0.322 e. The number of para-hydroxylation sites is 1. The number of carbonyl (C=O) groups excluding carboxylic acids is 2. The van der Waals surface area contributed by atoms with Crippen LogP contribution in [0.15, 0.2) is 66.9 Å². The van der Waals surface area contributed by atoms with Crippen molar-refractivity contribution in [3.8, 4) is 0 Å². The van der Waals surface area contributed by atoms with Crippen molar-refractivity contribution < 1.29 is 18.4 Å². The molecule has 3 aromatic rings. The number of anilines is 2. The molecule has 0 radical (unpaired) electrons. The minimum atomic E-state index is -0.657. The van der Waals surface area contributed by atoms with Crippen LogP contribution in [0.25, 0.3) is 0 Å². The van der Waals surface area contributed by atoms with Gasteiger partial charge in [0.1, 0.15) is 17.3 Å². The van der Waals surface area contributed by atoms with Crippen molar-refractivity contribution >= 4 is 23.2 Å². The molecule has 0 aliphatic carbocycles. The molecule has 0 atom stereocenters. The van der Waals surface area contributed by atoms with Crippen molar-refractivity contribution in [2.45, 2.75) is 0 Å². The number of pyridine rings is 1. The highest BCUT2D eigenvalue weighted by molar-refractivity contribution is 6.07. The van der Waals surface area contributed by atoms with Crippen molar-refractivity contribution in [3.63, 3.8) is 0 Å². The molecule has 130 valence electrons. The number of hydrogen-bond donors (Lipinski definition) is 2. The fourth-order valence-electron chi connectivity index (χ4n) is 2.21. The Morgan fingerprint density at radius 1 is 0.846 bits per heavy atom. The molecule has 0 spiro atoms. The van der Waals surface area contributed by atoms with E-state index in [1.54, 1.807) is 6.07 Å². The Kier molecular flexibility index (Phi) is 4.98. The van der Waals surface area contributed by atoms with Gasteiger partial charge in [0.25, 0.3) is 11.8 Å². The fraction of sp³-hybridized carbons (Fsp3) is 0. The lowest BCUT2D eigenvalue weighted by atomic mass is 10.2. The van der Waals surface area contributed by atoms with E-state index >= 15 is 0 Å². The maximum atomic E-state index is 13.6. The Hall–Kier alpha value is -3.61. The number of amides is 2. The van der Waals surface area contributed by atoms with Gasteiger partial charge in [-0.15, -0.1) is 0 Å². The van der Waals surface area contributed by atoms with E-state index in [4.69, 9.17) is 0 Å². The van der Waals surface area contributed by atoms with Gasteiger partial charge in [0.05, 0.1) is 5.69 Å². The molecule has 5 nitrogen and oxygen atoms in total. The highest BCUT2D eigenvalue weighted by Gasteiger charge is 2.14. The second-order valence-electron chi connectivity index (χ2n) is 5.33. The highest BCUT2D eigenvalue weighted by atomic mass is 19.1. The van der Waals surface area contributed by atoms with Crippen molar-refractivity contribution in [3.05, 3.63) is 89.8 Å². The summed E-state index contributed by atoms with van der Waals surface area (Å²) >= 11 is 0. The third kappa shape index (κ3) is 4.07. The van der Waals surface area contributed by atoms with Crippen LogP contribution >= 0.6 is 0 Å². The van der Waals surface area contributed by atoms with E-state index < -0.39 is 23.4 Å². The third-order valence-electron chi connectivity index (χ3n) is 3.46. The van der Waals surface area contributed by atoms with Gasteiger partial charge in [-0.1, -0.05) is 18.2 Å². The van der Waals surface area contributed by atoms with E-state index in [-0.39, 0.29) is 22.6 Å². The molecule has 2 N–H and O–H groups in total. The first-order valence-corrected chi connectivity index (χ1v) is 7.62. The maximum Gasteiger partial charge on any atom is 0.274 e. The maximum absolute atomic E-state index is 13.6. The molecular weight excluding hydrogens is 340 g/mol. The third-order valence-corrected chi connectivity index (χ3v) is 3.46. The molecule has 0 bridgehead atoms. The zero-order valence-electron chi connectivity index (χ0n) is 13.4. The van der Waals surface area contributed by atoms with E-state index in [0.717, 1.165) is 0 Å². The molecule has 1 aromatic heterocycles. The molecule has 3 rings (SSSR count). The zero-order chi connectivity index (χ0) is 18.5. The molecule has 2 amide bonds. The Morgan fingerprint density at radius 2 is 1.65 bits per heavy atom. The summed E-state index contributed by atoms with van der Waals surface area (Å²) in [6.07, 6.45) is 1.29. The lowest BCUT2D eigenvalue weighted by Crippen LogP contribution is -2.17. The number of aromatic nitrogens is 1. The number of halogens is 2. The summed E-state index contributed by atoms with van der Waals surface area (Å²) in [5, 5.41) is 4.92. The molecular formula is C19H13F2N3O2. The van der Waals surface area contributed by atoms with E-state index in [2.05, 4.69) is 15.6 Å². The number of nitrogens with one attached hydrogen (secondary N) is 2. The Morgan fingerprint density at radius 3 is 2.42 bits per heavy atom. The van der Waals surface area contributed by atoms with Crippen molar-refractivity contribution in [1.29, 1.82) is 0 Å². The van der Waals surface area contributed by atoms with Gasteiger partial charge in [-0.25, -0.2) is 8.78 Å². The van der Waals surface area contributed by atoms with Gasteiger partial charge in [0.15, 0.2) is 0 Å². The molecule has 7 heteroatoms. The quantitative estimate of drug-likeness (QED) is 0.748. The summed E-state index contributed by atoms with van der Waals surface area (Å²) in [6.45, 7) is 0. The Bertz CT molecular complexity index is 976. The summed E-state index contributed by atoms with van der Waals surface area (Å²) < 4.78 is 26.8. The van der Waals surface area contributed by atoms with Crippen LogP contribution in [0.2, 0.25) is 0 Å². The molecule has 1 heterocycles. The second kappa shape index (κ2) is 7.52. The minimum absolute atomic E-state index is 0.00825. The number of nitrogens with zero attached hydrogens (tertiary/aromatic N) is 1. The zero-order valence-corrected chi connectivity index (χ0v) is 13.4. The lowest BCUT2D eigenvalue weighted by Gasteiger charge is -2.08. The first-order valence-electron chi connectivity index (χ1n) is 7.62. The van der Waals surface area contributed by atoms with Gasteiger partial charge in [-0.3, -0.25) is 14.6 Å². The van der Waals surface area contributed by atoms with Gasteiger partial charge in [0, 0.05) is 17.4 Å². The summed E-state index contributed by atoms with van der Waals surface area (Å²) in [6, 6.07) is 13.8. The van der Waals surface area contributed by atoms with Gasteiger partial charge < -0.3 is 10.6 Å². The summed E-state index contributed by atoms with van der Waals surface area (Å²) in [5.74, 6) is -2.25. The summed E-state index contributed by atoms with van der Waals surface area (Å²) in [4.78, 5) is 28.4. The summed E-state index contributed by atoms with van der Waals surface area (Å²) in [5.41, 5.74) is 0.390. The molecule has 0 fully saturated rings. The second-order valence-corrected chi connectivity index (χ2v) is 5.33. The lowest BCUT2D eigenvalue weighted by molar-refractivity contribution is 0.102. The van der Waals surface area contributed by atoms with E-state index in [9.17, 15) is 18.4 Å². The van der Waals surface area contributed by atoms with Crippen LogP contribution < -0.4 is 10.6 Å². The van der Waals surface area contributed by atoms with Crippen LogP contribution in [0.1, 0.15) is 20.8 Å². The van der Waals surface area contributed by atoms with Gasteiger partial charge in [0.2, 0.25) is 0 Å². The molecule has 0 saturated carbocycles. The van der Waals surface area contributed by atoms with Crippen molar-refractivity contribution in [2.24, 2.45) is 0 Å². The van der Waals surface area contributed by atoms with E-state index in [0.29, 0.717) is 0 Å². The average molecular weight is 353 g/mol. The SMILES string of the molecule is O=C(Nc1cccc(F)c1)c1ccnc(C(=O)Nc2ccccc2F)c1. The molecule has 26 heavy (non-hydrogen) atoms. The standard InChI is InChI=1S/C19H13F2N3O2/c20-13-4-3-5-14(11-13)23-18(25)12-8-9-22-17(10-12)19(26)24-16-7-2-1-6-15(16)21/h1-11H,(H,23,25)(H,24,26). The van der Waals surface area contributed by atoms with E-state index in [1.165, 1.54) is 60.8 Å². The first kappa shape index (κ1) is 17.2. The molecule has 0 aliphatic rings. The smallest absolute Gasteiger partial charge is 0.274 e. The number of carbonyl (C=O) groups is 2. The normalized spacial score (nSPS) is 10.2. The fourth-order valence-corrected chi connectivity index (χ4v) is 2.21. The summed E-state index contributed by atoms with van der Waals surface area (Å²) in [7, 11) is 0. The van der Waals surface area contributed by atoms with Crippen LogP contribution in [0.5, 0.6) is 0 Å². The van der Waals surface area contributed by atoms with Crippen LogP contribution in [0.4, 0.5) is 20.2 Å². The highest BCUT2D eigenvalue weighted by Crippen LogP contribution is 2.15. The van der Waals surface area contributed by atoms with Crippen LogP contribution in [0, 0.1) is 11.6 Å². The Labute approximate surface area is 147 Å². The van der Waals surface area contributed by atoms with Gasteiger partial charge in [-0.2, -0.15) is 0 Å². The first-order chi connectivity index (χ1) is 12.5. The number of benzene rings is 2. The predicted octanol–water partition coefficient (Wildman–Crippen LogP) is 3.86. The molecule has 0 saturated heterocycles. The monoisotopic (exact) mass is 353 g/mol. The van der Waals surface area contributed by atoms with E-state index in [1.807, 2.05) is 0 Å².